The lowest BCUT2D eigenvalue weighted by Crippen LogP contribution is -2.26. The zero-order chi connectivity index (χ0) is 15.6. The van der Waals surface area contributed by atoms with E-state index in [9.17, 15) is 13.2 Å². The van der Waals surface area contributed by atoms with E-state index in [1.165, 1.54) is 18.3 Å². The summed E-state index contributed by atoms with van der Waals surface area (Å²) in [5, 5.41) is 0.641. The van der Waals surface area contributed by atoms with Crippen molar-refractivity contribution >= 4 is 49.4 Å². The molecule has 21 heavy (non-hydrogen) atoms. The number of hydrogen-bond acceptors (Lipinski definition) is 7. The van der Waals surface area contributed by atoms with Crippen molar-refractivity contribution in [3.05, 3.63) is 4.88 Å². The van der Waals surface area contributed by atoms with Crippen LogP contribution < -0.4 is 10.6 Å². The first-order valence-corrected chi connectivity index (χ1v) is 10.5. The normalized spacial score (nSPS) is 16.8. The Morgan fingerprint density at radius 3 is 2.67 bits per heavy atom. The maximum Gasteiger partial charge on any atom is 0.183 e. The number of ketones is 1. The second kappa shape index (κ2) is 6.58. The number of anilines is 2. The number of rotatable bonds is 4. The second-order valence-electron chi connectivity index (χ2n) is 4.89. The van der Waals surface area contributed by atoms with E-state index in [2.05, 4.69) is 4.90 Å². The van der Waals surface area contributed by atoms with Crippen molar-refractivity contribution in [2.45, 2.75) is 25.2 Å². The average molecular weight is 349 g/mol. The fourth-order valence-electron chi connectivity index (χ4n) is 2.28. The highest BCUT2D eigenvalue weighted by atomic mass is 32.2. The summed E-state index contributed by atoms with van der Waals surface area (Å²) in [6.07, 6.45) is 1.00. The molecule has 8 heteroatoms. The van der Waals surface area contributed by atoms with Gasteiger partial charge in [-0.1, -0.05) is 6.92 Å². The Morgan fingerprint density at radius 1 is 1.33 bits per heavy atom. The SMILES string of the molecule is CCS(=O)(=O)c1c(N2CCCSCC2)sc(C(C)=O)c1N. The molecule has 0 unspecified atom stereocenters. The van der Waals surface area contributed by atoms with E-state index in [-0.39, 0.29) is 22.1 Å². The van der Waals surface area contributed by atoms with Crippen LogP contribution in [0.3, 0.4) is 0 Å². The number of sulfone groups is 1. The third-order valence-electron chi connectivity index (χ3n) is 3.40. The number of thiophene rings is 1. The van der Waals surface area contributed by atoms with Crippen LogP contribution in [-0.2, 0) is 9.84 Å². The quantitative estimate of drug-likeness (QED) is 0.841. The van der Waals surface area contributed by atoms with Gasteiger partial charge in [-0.25, -0.2) is 8.42 Å². The molecule has 0 radical (unpaired) electrons. The zero-order valence-electron chi connectivity index (χ0n) is 12.2. The molecule has 1 aliphatic heterocycles. The summed E-state index contributed by atoms with van der Waals surface area (Å²) in [7, 11) is -3.45. The molecule has 5 nitrogen and oxygen atoms in total. The van der Waals surface area contributed by atoms with Gasteiger partial charge in [0.25, 0.3) is 0 Å². The highest BCUT2D eigenvalue weighted by Crippen LogP contribution is 2.42. The van der Waals surface area contributed by atoms with Gasteiger partial charge in [-0.2, -0.15) is 11.8 Å². The van der Waals surface area contributed by atoms with E-state index in [1.807, 2.05) is 11.8 Å². The van der Waals surface area contributed by atoms with Gasteiger partial charge in [0.15, 0.2) is 15.6 Å². The predicted molar refractivity (Wildman–Crippen MR) is 90.6 cm³/mol. The van der Waals surface area contributed by atoms with E-state index < -0.39 is 9.84 Å². The van der Waals surface area contributed by atoms with Crippen molar-refractivity contribution in [3.8, 4) is 0 Å². The van der Waals surface area contributed by atoms with E-state index in [1.54, 1.807) is 6.92 Å². The van der Waals surface area contributed by atoms with Crippen molar-refractivity contribution in [3.63, 3.8) is 0 Å². The number of Topliss-reactive ketones (excluding diaryl/α,β-unsaturated/α-hetero) is 1. The van der Waals surface area contributed by atoms with Crippen LogP contribution in [0.4, 0.5) is 10.7 Å². The van der Waals surface area contributed by atoms with Crippen LogP contribution in [0.15, 0.2) is 4.90 Å². The molecule has 2 heterocycles. The summed E-state index contributed by atoms with van der Waals surface area (Å²) in [6.45, 7) is 4.61. The van der Waals surface area contributed by atoms with Crippen LogP contribution in [0, 0.1) is 0 Å². The predicted octanol–water partition coefficient (Wildman–Crippen LogP) is 2.27. The van der Waals surface area contributed by atoms with Gasteiger partial charge in [0.1, 0.15) is 9.90 Å². The molecular weight excluding hydrogens is 328 g/mol. The summed E-state index contributed by atoms with van der Waals surface area (Å²) in [5.41, 5.74) is 6.12. The van der Waals surface area contributed by atoms with Crippen molar-refractivity contribution in [1.29, 1.82) is 0 Å². The van der Waals surface area contributed by atoms with Crippen molar-refractivity contribution in [2.75, 3.05) is 41.0 Å². The number of nitrogens with two attached hydrogens (primary N) is 1. The number of nitrogens with zero attached hydrogens (tertiary/aromatic N) is 1. The monoisotopic (exact) mass is 348 g/mol. The minimum atomic E-state index is -3.45. The molecule has 0 atom stereocenters. The van der Waals surface area contributed by atoms with Gasteiger partial charge in [-0.15, -0.1) is 11.3 Å². The Hall–Kier alpha value is -0.730. The van der Waals surface area contributed by atoms with Crippen LogP contribution in [-0.4, -0.2) is 44.5 Å². The van der Waals surface area contributed by atoms with Crippen molar-refractivity contribution in [1.82, 2.24) is 0 Å². The molecule has 1 aromatic heterocycles. The fourth-order valence-corrected chi connectivity index (χ4v) is 5.92. The molecule has 0 bridgehead atoms. The van der Waals surface area contributed by atoms with Crippen LogP contribution >= 0.6 is 23.1 Å². The lowest BCUT2D eigenvalue weighted by atomic mass is 10.3. The first-order valence-electron chi connectivity index (χ1n) is 6.87. The Balaban J connectivity index is 2.58. The van der Waals surface area contributed by atoms with E-state index in [4.69, 9.17) is 5.73 Å². The Morgan fingerprint density at radius 2 is 2.05 bits per heavy atom. The molecule has 1 saturated heterocycles. The molecular formula is C13H20N2O3S3. The summed E-state index contributed by atoms with van der Waals surface area (Å²) in [4.78, 5) is 14.3. The highest BCUT2D eigenvalue weighted by molar-refractivity contribution is 7.99. The van der Waals surface area contributed by atoms with Crippen LogP contribution in [0.1, 0.15) is 29.9 Å². The zero-order valence-corrected chi connectivity index (χ0v) is 14.7. The highest BCUT2D eigenvalue weighted by Gasteiger charge is 2.30. The van der Waals surface area contributed by atoms with E-state index in [0.717, 1.165) is 31.0 Å². The van der Waals surface area contributed by atoms with Gasteiger partial charge < -0.3 is 10.6 Å². The van der Waals surface area contributed by atoms with Crippen molar-refractivity contribution in [2.24, 2.45) is 0 Å². The molecule has 0 aromatic carbocycles. The number of hydrogen-bond donors (Lipinski definition) is 1. The minimum absolute atomic E-state index is 0.0130. The first kappa shape index (κ1) is 16.6. The topological polar surface area (TPSA) is 80.5 Å². The number of carbonyl (C=O) groups excluding carboxylic acids is 1. The molecule has 2 rings (SSSR count). The van der Waals surface area contributed by atoms with Gasteiger partial charge in [0, 0.05) is 25.8 Å². The first-order chi connectivity index (χ1) is 9.88. The molecule has 0 aliphatic carbocycles. The molecule has 1 aromatic rings. The van der Waals surface area contributed by atoms with Gasteiger partial charge >= 0.3 is 0 Å². The van der Waals surface area contributed by atoms with Crippen LogP contribution in [0.25, 0.3) is 0 Å². The Kier molecular flexibility index (Phi) is 5.21. The molecule has 0 amide bonds. The van der Waals surface area contributed by atoms with Crippen LogP contribution in [0.2, 0.25) is 0 Å². The summed E-state index contributed by atoms with van der Waals surface area (Å²) in [5.74, 6) is 1.84. The lowest BCUT2D eigenvalue weighted by molar-refractivity contribution is 0.102. The molecule has 0 spiro atoms. The molecule has 1 fully saturated rings. The lowest BCUT2D eigenvalue weighted by Gasteiger charge is -2.21. The third-order valence-corrected chi connectivity index (χ3v) is 7.74. The smallest absolute Gasteiger partial charge is 0.183 e. The molecule has 1 aliphatic rings. The third kappa shape index (κ3) is 3.37. The summed E-state index contributed by atoms with van der Waals surface area (Å²) >= 11 is 3.08. The maximum absolute atomic E-state index is 12.4. The van der Waals surface area contributed by atoms with E-state index in [0.29, 0.717) is 9.88 Å². The minimum Gasteiger partial charge on any atom is -0.396 e. The second-order valence-corrected chi connectivity index (χ2v) is 9.33. The maximum atomic E-state index is 12.4. The largest absolute Gasteiger partial charge is 0.396 e. The standard InChI is InChI=1S/C13H20N2O3S3/c1-3-21(17,18)12-10(14)11(9(2)16)20-13(12)15-5-4-7-19-8-6-15/h3-8,14H2,1-2H3. The van der Waals surface area contributed by atoms with Crippen LogP contribution in [0.5, 0.6) is 0 Å². The fraction of sp³-hybridized carbons (Fsp3) is 0.615. The van der Waals surface area contributed by atoms with Gasteiger partial charge in [0.05, 0.1) is 16.3 Å². The molecule has 0 saturated carbocycles. The van der Waals surface area contributed by atoms with Gasteiger partial charge in [-0.05, 0) is 12.2 Å². The number of nitrogen functional groups attached to an aromatic ring is 1. The average Bonchev–Trinajstić information content (AvgIpc) is 2.63. The Labute approximate surface area is 133 Å². The number of carbonyl (C=O) groups is 1. The van der Waals surface area contributed by atoms with E-state index >= 15 is 0 Å². The molecule has 118 valence electrons. The van der Waals surface area contributed by atoms with Crippen molar-refractivity contribution < 1.29 is 13.2 Å². The van der Waals surface area contributed by atoms with Gasteiger partial charge in [0.2, 0.25) is 0 Å². The van der Waals surface area contributed by atoms with Gasteiger partial charge in [-0.3, -0.25) is 4.79 Å². The Bertz CT molecular complexity index is 629. The molecule has 2 N–H and O–H groups in total. The number of thioether (sulfide) groups is 1. The summed E-state index contributed by atoms with van der Waals surface area (Å²) < 4.78 is 24.8. The summed E-state index contributed by atoms with van der Waals surface area (Å²) in [6, 6.07) is 0.